The number of carbonyl (C=O) groups excluding carboxylic acids is 1. The summed E-state index contributed by atoms with van der Waals surface area (Å²) in [7, 11) is 1.44. The van der Waals surface area contributed by atoms with Crippen molar-refractivity contribution in [2.24, 2.45) is 0 Å². The quantitative estimate of drug-likeness (QED) is 0.798. The van der Waals surface area contributed by atoms with Crippen LogP contribution in [-0.4, -0.2) is 41.6 Å². The highest BCUT2D eigenvalue weighted by Crippen LogP contribution is 2.26. The third-order valence-electron chi connectivity index (χ3n) is 4.07. The van der Waals surface area contributed by atoms with Crippen LogP contribution < -0.4 is 0 Å². The van der Waals surface area contributed by atoms with Gasteiger partial charge in [0.05, 0.1) is 13.5 Å². The van der Waals surface area contributed by atoms with Gasteiger partial charge in [-0.1, -0.05) is 31.2 Å². The molecule has 110 valence electrons. The van der Waals surface area contributed by atoms with E-state index in [-0.39, 0.29) is 5.97 Å². The van der Waals surface area contributed by atoms with Gasteiger partial charge in [0.25, 0.3) is 0 Å². The van der Waals surface area contributed by atoms with E-state index in [0.29, 0.717) is 17.7 Å². The lowest BCUT2D eigenvalue weighted by Gasteiger charge is -2.37. The molecule has 1 aliphatic rings. The molecule has 2 rings (SSSR count). The predicted molar refractivity (Wildman–Crippen MR) is 84.0 cm³/mol. The fraction of sp³-hybridized carbons (Fsp3) is 0.562. The van der Waals surface area contributed by atoms with Crippen LogP contribution in [0, 0.1) is 0 Å². The highest BCUT2D eigenvalue weighted by molar-refractivity contribution is 8.00. The van der Waals surface area contributed by atoms with E-state index in [1.165, 1.54) is 18.4 Å². The molecular weight excluding hydrogens is 270 g/mol. The van der Waals surface area contributed by atoms with Crippen molar-refractivity contribution in [3.05, 3.63) is 35.4 Å². The van der Waals surface area contributed by atoms with Crippen molar-refractivity contribution < 1.29 is 9.53 Å². The van der Waals surface area contributed by atoms with Crippen LogP contribution >= 0.6 is 11.8 Å². The first kappa shape index (κ1) is 15.4. The van der Waals surface area contributed by atoms with Gasteiger partial charge in [0, 0.05) is 30.1 Å². The Morgan fingerprint density at radius 2 is 2.05 bits per heavy atom. The second-order valence-electron chi connectivity index (χ2n) is 5.31. The number of hydrogen-bond acceptors (Lipinski definition) is 4. The summed E-state index contributed by atoms with van der Waals surface area (Å²) >= 11 is 2.04. The smallest absolute Gasteiger partial charge is 0.309 e. The predicted octanol–water partition coefficient (Wildman–Crippen LogP) is 2.73. The number of thioether (sulfide) groups is 1. The summed E-state index contributed by atoms with van der Waals surface area (Å²) in [6.45, 7) is 6.61. The van der Waals surface area contributed by atoms with Gasteiger partial charge in [-0.3, -0.25) is 9.69 Å². The Labute approximate surface area is 125 Å². The van der Waals surface area contributed by atoms with Crippen molar-refractivity contribution in [2.75, 3.05) is 19.4 Å². The number of rotatable bonds is 4. The van der Waals surface area contributed by atoms with E-state index in [4.69, 9.17) is 4.74 Å². The van der Waals surface area contributed by atoms with Crippen molar-refractivity contribution in [1.29, 1.82) is 0 Å². The number of hydrogen-bond donors (Lipinski definition) is 0. The molecule has 0 saturated carbocycles. The second kappa shape index (κ2) is 7.14. The fourth-order valence-corrected chi connectivity index (χ4v) is 3.71. The van der Waals surface area contributed by atoms with E-state index in [1.807, 2.05) is 30.0 Å². The minimum atomic E-state index is -0.173. The van der Waals surface area contributed by atoms with E-state index >= 15 is 0 Å². The monoisotopic (exact) mass is 293 g/mol. The van der Waals surface area contributed by atoms with Crippen LogP contribution in [0.15, 0.2) is 24.3 Å². The molecule has 1 fully saturated rings. The Balaban J connectivity index is 2.10. The van der Waals surface area contributed by atoms with Crippen LogP contribution in [-0.2, 0) is 22.5 Å². The topological polar surface area (TPSA) is 29.5 Å². The summed E-state index contributed by atoms with van der Waals surface area (Å²) in [5, 5.41) is 0.663. The average Bonchev–Trinajstić information content (AvgIpc) is 2.45. The van der Waals surface area contributed by atoms with Crippen molar-refractivity contribution in [2.45, 2.75) is 38.1 Å². The molecule has 1 heterocycles. The van der Waals surface area contributed by atoms with Gasteiger partial charge in [-0.25, -0.2) is 0 Å². The molecule has 1 aliphatic heterocycles. The summed E-state index contributed by atoms with van der Waals surface area (Å²) in [5.74, 6) is 1.01. The maximum atomic E-state index is 11.5. The summed E-state index contributed by atoms with van der Waals surface area (Å²) in [6, 6.07) is 8.75. The molecule has 4 heteroatoms. The number of carbonyl (C=O) groups is 1. The first-order valence-electron chi connectivity index (χ1n) is 7.11. The minimum absolute atomic E-state index is 0.173. The Morgan fingerprint density at radius 1 is 1.35 bits per heavy atom. The normalized spacial score (nSPS) is 23.6. The Bertz CT molecular complexity index is 464. The third-order valence-corrected chi connectivity index (χ3v) is 5.41. The second-order valence-corrected chi connectivity index (χ2v) is 6.79. The van der Waals surface area contributed by atoms with Gasteiger partial charge in [-0.15, -0.1) is 0 Å². The first-order chi connectivity index (χ1) is 9.61. The molecule has 1 aromatic carbocycles. The third kappa shape index (κ3) is 3.76. The minimum Gasteiger partial charge on any atom is -0.469 e. The zero-order valence-electron chi connectivity index (χ0n) is 12.5. The standard InChI is InChI=1S/C16H23NO2S/c1-12-13(2)20-9-8-17(12)11-15-7-5-4-6-14(15)10-16(18)19-3/h4-7,12-13H,8-11H2,1-3H3. The average molecular weight is 293 g/mol. The van der Waals surface area contributed by atoms with E-state index in [0.717, 1.165) is 18.7 Å². The van der Waals surface area contributed by atoms with Crippen LogP contribution in [0.4, 0.5) is 0 Å². The van der Waals surface area contributed by atoms with Gasteiger partial charge >= 0.3 is 5.97 Å². The van der Waals surface area contributed by atoms with Crippen molar-refractivity contribution in [3.8, 4) is 0 Å². The zero-order valence-corrected chi connectivity index (χ0v) is 13.3. The molecule has 2 unspecified atom stereocenters. The molecular formula is C16H23NO2S. The van der Waals surface area contributed by atoms with Gasteiger partial charge in [-0.2, -0.15) is 11.8 Å². The maximum absolute atomic E-state index is 11.5. The highest BCUT2D eigenvalue weighted by atomic mass is 32.2. The van der Waals surface area contributed by atoms with Gasteiger partial charge < -0.3 is 4.74 Å². The molecule has 0 aliphatic carbocycles. The van der Waals surface area contributed by atoms with Crippen LogP contribution in [0.5, 0.6) is 0 Å². The molecule has 0 radical (unpaired) electrons. The van der Waals surface area contributed by atoms with Gasteiger partial charge in [0.1, 0.15) is 0 Å². The van der Waals surface area contributed by atoms with Crippen LogP contribution in [0.3, 0.4) is 0 Å². The zero-order chi connectivity index (χ0) is 14.5. The summed E-state index contributed by atoms with van der Waals surface area (Å²) in [6.07, 6.45) is 0.360. The SMILES string of the molecule is COC(=O)Cc1ccccc1CN1CCSC(C)C1C. The molecule has 20 heavy (non-hydrogen) atoms. The molecule has 0 aromatic heterocycles. The van der Waals surface area contributed by atoms with E-state index in [9.17, 15) is 4.79 Å². The van der Waals surface area contributed by atoms with Crippen molar-refractivity contribution in [1.82, 2.24) is 4.90 Å². The van der Waals surface area contributed by atoms with Crippen LogP contribution in [0.1, 0.15) is 25.0 Å². The highest BCUT2D eigenvalue weighted by Gasteiger charge is 2.25. The molecule has 1 aromatic rings. The maximum Gasteiger partial charge on any atom is 0.309 e. The molecule has 1 saturated heterocycles. The fourth-order valence-electron chi connectivity index (χ4n) is 2.55. The number of nitrogens with zero attached hydrogens (tertiary/aromatic N) is 1. The molecule has 2 atom stereocenters. The molecule has 0 spiro atoms. The number of benzene rings is 1. The van der Waals surface area contributed by atoms with Gasteiger partial charge in [0.15, 0.2) is 0 Å². The van der Waals surface area contributed by atoms with Gasteiger partial charge in [0.2, 0.25) is 0 Å². The summed E-state index contributed by atoms with van der Waals surface area (Å²) < 4.78 is 4.78. The molecule has 3 nitrogen and oxygen atoms in total. The Hall–Kier alpha value is -1.00. The van der Waals surface area contributed by atoms with E-state index in [1.54, 1.807) is 0 Å². The molecule has 0 bridgehead atoms. The summed E-state index contributed by atoms with van der Waals surface area (Å²) in [5.41, 5.74) is 2.32. The first-order valence-corrected chi connectivity index (χ1v) is 8.16. The molecule has 0 amide bonds. The lowest BCUT2D eigenvalue weighted by atomic mass is 10.0. The number of ether oxygens (including phenoxy) is 1. The number of esters is 1. The Kier molecular flexibility index (Phi) is 5.49. The largest absolute Gasteiger partial charge is 0.469 e. The Morgan fingerprint density at radius 3 is 2.75 bits per heavy atom. The van der Waals surface area contributed by atoms with Gasteiger partial charge in [-0.05, 0) is 18.1 Å². The lowest BCUT2D eigenvalue weighted by molar-refractivity contribution is -0.139. The van der Waals surface area contributed by atoms with E-state index in [2.05, 4.69) is 24.8 Å². The van der Waals surface area contributed by atoms with Crippen molar-refractivity contribution >= 4 is 17.7 Å². The summed E-state index contributed by atoms with van der Waals surface area (Å²) in [4.78, 5) is 14.0. The lowest BCUT2D eigenvalue weighted by Crippen LogP contribution is -2.44. The van der Waals surface area contributed by atoms with Crippen LogP contribution in [0.2, 0.25) is 0 Å². The van der Waals surface area contributed by atoms with Crippen LogP contribution in [0.25, 0.3) is 0 Å². The van der Waals surface area contributed by atoms with E-state index < -0.39 is 0 Å². The molecule has 0 N–H and O–H groups in total. The van der Waals surface area contributed by atoms with Crippen molar-refractivity contribution in [3.63, 3.8) is 0 Å². The number of methoxy groups -OCH3 is 1.